The molecule has 0 spiro atoms. The molecule has 1 saturated heterocycles. The second-order valence-electron chi connectivity index (χ2n) is 3.82. The smallest absolute Gasteiger partial charge is 0.145 e. The molecule has 1 fully saturated rings. The molecule has 1 aliphatic rings. The molecule has 0 amide bonds. The molecule has 0 radical (unpaired) electrons. The molecule has 1 aromatic heterocycles. The monoisotopic (exact) mass is 397 g/mol. The van der Waals surface area contributed by atoms with E-state index in [9.17, 15) is 0 Å². The van der Waals surface area contributed by atoms with Crippen molar-refractivity contribution in [1.29, 1.82) is 0 Å². The second kappa shape index (κ2) is 5.59. The van der Waals surface area contributed by atoms with Gasteiger partial charge in [0.25, 0.3) is 0 Å². The predicted octanol–water partition coefficient (Wildman–Crippen LogP) is 2.07. The summed E-state index contributed by atoms with van der Waals surface area (Å²) in [5.41, 5.74) is 0. The van der Waals surface area contributed by atoms with E-state index in [2.05, 4.69) is 60.3 Å². The van der Waals surface area contributed by atoms with E-state index in [4.69, 9.17) is 4.74 Å². The minimum Gasteiger partial charge on any atom is -0.371 e. The van der Waals surface area contributed by atoms with Crippen LogP contribution in [0.2, 0.25) is 0 Å². The van der Waals surface area contributed by atoms with E-state index in [1.165, 1.54) is 0 Å². The Bertz CT molecular complexity index is 366. The van der Waals surface area contributed by atoms with Crippen LogP contribution in [-0.2, 0) is 4.74 Å². The SMILES string of the molecule is CC1CN(c2ncncc2I)CC(CBr)O1. The summed E-state index contributed by atoms with van der Waals surface area (Å²) < 4.78 is 6.88. The number of aromatic nitrogens is 2. The third-order valence-electron chi connectivity index (χ3n) is 2.45. The quantitative estimate of drug-likeness (QED) is 0.565. The van der Waals surface area contributed by atoms with Gasteiger partial charge in [0.1, 0.15) is 12.1 Å². The molecule has 0 saturated carbocycles. The van der Waals surface area contributed by atoms with Gasteiger partial charge in [0.15, 0.2) is 0 Å². The van der Waals surface area contributed by atoms with Crippen molar-refractivity contribution in [3.8, 4) is 0 Å². The maximum absolute atomic E-state index is 5.79. The lowest BCUT2D eigenvalue weighted by molar-refractivity contribution is -0.00228. The zero-order valence-corrected chi connectivity index (χ0v) is 12.7. The van der Waals surface area contributed by atoms with Crippen molar-refractivity contribution < 1.29 is 4.74 Å². The summed E-state index contributed by atoms with van der Waals surface area (Å²) in [6.45, 7) is 3.86. The number of halogens is 2. The third kappa shape index (κ3) is 2.84. The van der Waals surface area contributed by atoms with E-state index in [1.54, 1.807) is 6.33 Å². The Morgan fingerprint density at radius 2 is 2.44 bits per heavy atom. The van der Waals surface area contributed by atoms with Gasteiger partial charge in [-0.05, 0) is 29.5 Å². The Balaban J connectivity index is 2.17. The number of rotatable bonds is 2. The first-order chi connectivity index (χ1) is 7.70. The molecule has 2 unspecified atom stereocenters. The Hall–Kier alpha value is 0.0500. The minimum absolute atomic E-state index is 0.231. The summed E-state index contributed by atoms with van der Waals surface area (Å²) in [5.74, 6) is 1.01. The average Bonchev–Trinajstić information content (AvgIpc) is 2.28. The molecule has 0 bridgehead atoms. The highest BCUT2D eigenvalue weighted by Crippen LogP contribution is 2.23. The molecular formula is C10H13BrIN3O. The number of morpholine rings is 1. The van der Waals surface area contributed by atoms with E-state index >= 15 is 0 Å². The molecule has 2 rings (SSSR count). The molecule has 16 heavy (non-hydrogen) atoms. The molecule has 4 nitrogen and oxygen atoms in total. The number of hydrogen-bond acceptors (Lipinski definition) is 4. The standard InChI is InChI=1S/C10H13BrIN3O/c1-7-4-15(5-8(2-11)16-7)10-9(12)3-13-6-14-10/h3,6-8H,2,4-5H2,1H3. The Morgan fingerprint density at radius 3 is 3.12 bits per heavy atom. The molecule has 0 aromatic carbocycles. The average molecular weight is 398 g/mol. The molecule has 6 heteroatoms. The minimum atomic E-state index is 0.231. The lowest BCUT2D eigenvalue weighted by atomic mass is 10.2. The number of ether oxygens (including phenoxy) is 1. The molecular weight excluding hydrogens is 385 g/mol. The summed E-state index contributed by atoms with van der Waals surface area (Å²) in [7, 11) is 0. The molecule has 2 atom stereocenters. The van der Waals surface area contributed by atoms with Crippen molar-refractivity contribution in [2.45, 2.75) is 19.1 Å². The highest BCUT2D eigenvalue weighted by molar-refractivity contribution is 14.1. The number of hydrogen-bond donors (Lipinski definition) is 0. The van der Waals surface area contributed by atoms with Gasteiger partial charge in [0.05, 0.1) is 15.8 Å². The van der Waals surface area contributed by atoms with Crippen molar-refractivity contribution in [2.24, 2.45) is 0 Å². The van der Waals surface area contributed by atoms with Crippen LogP contribution in [0.5, 0.6) is 0 Å². The van der Waals surface area contributed by atoms with Crippen molar-refractivity contribution in [3.05, 3.63) is 16.1 Å². The van der Waals surface area contributed by atoms with Crippen LogP contribution >= 0.6 is 38.5 Å². The van der Waals surface area contributed by atoms with Crippen LogP contribution in [-0.4, -0.2) is 40.6 Å². The van der Waals surface area contributed by atoms with Crippen LogP contribution in [0.3, 0.4) is 0 Å². The van der Waals surface area contributed by atoms with Crippen molar-refractivity contribution in [2.75, 3.05) is 23.3 Å². The summed E-state index contributed by atoms with van der Waals surface area (Å²) in [6.07, 6.45) is 3.91. The predicted molar refractivity (Wildman–Crippen MR) is 75.1 cm³/mol. The van der Waals surface area contributed by atoms with Gasteiger partial charge in [0.2, 0.25) is 0 Å². The normalized spacial score (nSPS) is 25.8. The van der Waals surface area contributed by atoms with Crippen LogP contribution in [0.25, 0.3) is 0 Å². The summed E-state index contributed by atoms with van der Waals surface area (Å²) in [5, 5.41) is 0.857. The van der Waals surface area contributed by atoms with E-state index in [1.807, 2.05) is 6.20 Å². The second-order valence-corrected chi connectivity index (χ2v) is 5.63. The van der Waals surface area contributed by atoms with E-state index < -0.39 is 0 Å². The molecule has 88 valence electrons. The largest absolute Gasteiger partial charge is 0.371 e. The zero-order valence-electron chi connectivity index (χ0n) is 8.94. The van der Waals surface area contributed by atoms with Crippen molar-refractivity contribution in [3.63, 3.8) is 0 Å². The Labute approximate surface area is 117 Å². The van der Waals surface area contributed by atoms with Gasteiger partial charge in [-0.1, -0.05) is 15.9 Å². The number of anilines is 1. The highest BCUT2D eigenvalue weighted by atomic mass is 127. The molecule has 1 aliphatic heterocycles. The zero-order chi connectivity index (χ0) is 11.5. The van der Waals surface area contributed by atoms with E-state index in [0.29, 0.717) is 0 Å². The summed E-state index contributed by atoms with van der Waals surface area (Å²) in [4.78, 5) is 10.6. The first kappa shape index (κ1) is 12.5. The van der Waals surface area contributed by atoms with Crippen LogP contribution in [0.1, 0.15) is 6.92 Å². The lowest BCUT2D eigenvalue weighted by Crippen LogP contribution is -2.48. The van der Waals surface area contributed by atoms with E-state index in [-0.39, 0.29) is 12.2 Å². The lowest BCUT2D eigenvalue weighted by Gasteiger charge is -2.37. The van der Waals surface area contributed by atoms with Crippen molar-refractivity contribution >= 4 is 44.3 Å². The fourth-order valence-electron chi connectivity index (χ4n) is 1.84. The third-order valence-corrected chi connectivity index (χ3v) is 3.93. The maximum atomic E-state index is 5.79. The molecule has 1 aromatic rings. The van der Waals surface area contributed by atoms with Gasteiger partial charge in [-0.2, -0.15) is 0 Å². The first-order valence-corrected chi connectivity index (χ1v) is 7.32. The number of nitrogens with zero attached hydrogens (tertiary/aromatic N) is 3. The molecule has 2 heterocycles. The van der Waals surface area contributed by atoms with Crippen LogP contribution in [0.15, 0.2) is 12.5 Å². The topological polar surface area (TPSA) is 38.2 Å². The first-order valence-electron chi connectivity index (χ1n) is 5.12. The Kier molecular flexibility index (Phi) is 4.37. The van der Waals surface area contributed by atoms with Crippen LogP contribution in [0.4, 0.5) is 5.82 Å². The van der Waals surface area contributed by atoms with Crippen molar-refractivity contribution in [1.82, 2.24) is 9.97 Å². The van der Waals surface area contributed by atoms with Crippen LogP contribution in [0, 0.1) is 3.57 Å². The molecule has 0 aliphatic carbocycles. The fraction of sp³-hybridized carbons (Fsp3) is 0.600. The number of alkyl halides is 1. The highest BCUT2D eigenvalue weighted by Gasteiger charge is 2.26. The molecule has 0 N–H and O–H groups in total. The van der Waals surface area contributed by atoms with Gasteiger partial charge < -0.3 is 9.64 Å². The fourth-order valence-corrected chi connectivity index (χ4v) is 2.84. The van der Waals surface area contributed by atoms with E-state index in [0.717, 1.165) is 27.8 Å². The van der Waals surface area contributed by atoms with Crippen LogP contribution < -0.4 is 4.90 Å². The van der Waals surface area contributed by atoms with Gasteiger partial charge in [-0.15, -0.1) is 0 Å². The Morgan fingerprint density at radius 1 is 1.62 bits per heavy atom. The van der Waals surface area contributed by atoms with Gasteiger partial charge in [0, 0.05) is 24.6 Å². The summed E-state index contributed by atoms with van der Waals surface area (Å²) >= 11 is 5.74. The van der Waals surface area contributed by atoms with Gasteiger partial charge in [-0.25, -0.2) is 9.97 Å². The maximum Gasteiger partial charge on any atom is 0.145 e. The summed E-state index contributed by atoms with van der Waals surface area (Å²) in [6, 6.07) is 0. The van der Waals surface area contributed by atoms with Gasteiger partial charge in [-0.3, -0.25) is 0 Å². The van der Waals surface area contributed by atoms with Gasteiger partial charge >= 0.3 is 0 Å².